The first-order valence-corrected chi connectivity index (χ1v) is 5.77. The molecule has 0 bridgehead atoms. The molecule has 0 spiro atoms. The Hall–Kier alpha value is -2.11. The van der Waals surface area contributed by atoms with E-state index in [0.29, 0.717) is 0 Å². The molecule has 2 amide bonds. The molecule has 5 nitrogen and oxygen atoms in total. The van der Waals surface area contributed by atoms with Crippen LogP contribution in [0.2, 0.25) is 0 Å². The van der Waals surface area contributed by atoms with Gasteiger partial charge in [-0.15, -0.1) is 0 Å². The van der Waals surface area contributed by atoms with Crippen LogP contribution in [0.3, 0.4) is 0 Å². The van der Waals surface area contributed by atoms with E-state index in [1.807, 2.05) is 0 Å². The molecule has 1 aromatic carbocycles. The zero-order valence-corrected chi connectivity index (χ0v) is 11.1. The highest BCUT2D eigenvalue weighted by Crippen LogP contribution is 2.19. The van der Waals surface area contributed by atoms with Crippen molar-refractivity contribution < 1.29 is 19.1 Å². The number of halogens is 1. The Morgan fingerprint density at radius 1 is 1.32 bits per heavy atom. The van der Waals surface area contributed by atoms with E-state index in [9.17, 15) is 19.1 Å². The number of aromatic hydroxyl groups is 1. The summed E-state index contributed by atoms with van der Waals surface area (Å²) in [7, 11) is 0. The lowest BCUT2D eigenvalue weighted by atomic mass is 10.1. The number of nitrogens with one attached hydrogen (secondary N) is 2. The van der Waals surface area contributed by atoms with Crippen LogP contribution in [0.4, 0.5) is 4.39 Å². The number of hydrogen-bond donors (Lipinski definition) is 3. The maximum Gasteiger partial charge on any atom is 0.258 e. The highest BCUT2D eigenvalue weighted by Gasteiger charge is 2.18. The van der Waals surface area contributed by atoms with E-state index in [-0.39, 0.29) is 6.54 Å². The van der Waals surface area contributed by atoms with Crippen molar-refractivity contribution in [1.82, 2.24) is 10.6 Å². The third kappa shape index (κ3) is 4.57. The van der Waals surface area contributed by atoms with Crippen molar-refractivity contribution in [2.45, 2.75) is 26.3 Å². The molecule has 0 atom stereocenters. The normalized spacial score (nSPS) is 10.9. The van der Waals surface area contributed by atoms with E-state index in [2.05, 4.69) is 10.6 Å². The topological polar surface area (TPSA) is 78.4 Å². The fourth-order valence-corrected chi connectivity index (χ4v) is 1.45. The van der Waals surface area contributed by atoms with Crippen LogP contribution in [0.15, 0.2) is 18.2 Å². The van der Waals surface area contributed by atoms with Crippen molar-refractivity contribution in [3.8, 4) is 5.75 Å². The van der Waals surface area contributed by atoms with E-state index in [1.54, 1.807) is 20.8 Å². The van der Waals surface area contributed by atoms with Crippen LogP contribution >= 0.6 is 0 Å². The molecular weight excluding hydrogens is 251 g/mol. The van der Waals surface area contributed by atoms with Gasteiger partial charge in [0.1, 0.15) is 17.1 Å². The standard InChI is InChI=1S/C13H17FN2O3/c1-13(2,3)16-10(18)7-15-12(19)11-8(14)5-4-6-9(11)17/h4-6,17H,7H2,1-3H3,(H,15,19)(H,16,18). The van der Waals surface area contributed by atoms with Gasteiger partial charge < -0.3 is 15.7 Å². The van der Waals surface area contributed by atoms with Gasteiger partial charge in [0.05, 0.1) is 6.54 Å². The van der Waals surface area contributed by atoms with E-state index in [1.165, 1.54) is 12.1 Å². The lowest BCUT2D eigenvalue weighted by molar-refractivity contribution is -0.121. The van der Waals surface area contributed by atoms with Gasteiger partial charge >= 0.3 is 0 Å². The maximum absolute atomic E-state index is 13.4. The smallest absolute Gasteiger partial charge is 0.258 e. The minimum absolute atomic E-state index is 0.288. The van der Waals surface area contributed by atoms with Gasteiger partial charge in [-0.25, -0.2) is 4.39 Å². The largest absolute Gasteiger partial charge is 0.507 e. The highest BCUT2D eigenvalue weighted by molar-refractivity contribution is 5.98. The van der Waals surface area contributed by atoms with E-state index >= 15 is 0 Å². The molecule has 0 radical (unpaired) electrons. The van der Waals surface area contributed by atoms with Gasteiger partial charge in [-0.1, -0.05) is 6.07 Å². The second-order valence-electron chi connectivity index (χ2n) is 5.11. The summed E-state index contributed by atoms with van der Waals surface area (Å²) in [6.45, 7) is 5.12. The first kappa shape index (κ1) is 14.9. The Morgan fingerprint density at radius 3 is 2.47 bits per heavy atom. The van der Waals surface area contributed by atoms with Crippen LogP contribution < -0.4 is 10.6 Å². The molecule has 0 saturated heterocycles. The van der Waals surface area contributed by atoms with Gasteiger partial charge in [0, 0.05) is 5.54 Å². The third-order valence-electron chi connectivity index (χ3n) is 2.14. The van der Waals surface area contributed by atoms with Gasteiger partial charge in [-0.2, -0.15) is 0 Å². The fourth-order valence-electron chi connectivity index (χ4n) is 1.45. The first-order valence-electron chi connectivity index (χ1n) is 5.77. The number of rotatable bonds is 3. The lowest BCUT2D eigenvalue weighted by Crippen LogP contribution is -2.45. The predicted octanol–water partition coefficient (Wildman–Crippen LogP) is 1.18. The molecule has 0 aliphatic rings. The molecule has 0 fully saturated rings. The lowest BCUT2D eigenvalue weighted by Gasteiger charge is -2.20. The number of amides is 2. The highest BCUT2D eigenvalue weighted by atomic mass is 19.1. The summed E-state index contributed by atoms with van der Waals surface area (Å²) in [5.41, 5.74) is -0.881. The van der Waals surface area contributed by atoms with Crippen LogP contribution in [0.1, 0.15) is 31.1 Å². The molecule has 6 heteroatoms. The second kappa shape index (κ2) is 5.69. The Morgan fingerprint density at radius 2 is 1.95 bits per heavy atom. The van der Waals surface area contributed by atoms with Crippen LogP contribution in [0.25, 0.3) is 0 Å². The number of carbonyl (C=O) groups excluding carboxylic acids is 2. The summed E-state index contributed by atoms with van der Waals surface area (Å²) in [4.78, 5) is 23.1. The zero-order valence-electron chi connectivity index (χ0n) is 11.1. The number of benzene rings is 1. The number of hydrogen-bond acceptors (Lipinski definition) is 3. The fraction of sp³-hybridized carbons (Fsp3) is 0.385. The van der Waals surface area contributed by atoms with Crippen molar-refractivity contribution >= 4 is 11.8 Å². The second-order valence-corrected chi connectivity index (χ2v) is 5.11. The van der Waals surface area contributed by atoms with Crippen LogP contribution in [0, 0.1) is 5.82 Å². The van der Waals surface area contributed by atoms with Crippen molar-refractivity contribution in [3.05, 3.63) is 29.6 Å². The summed E-state index contributed by atoms with van der Waals surface area (Å²) >= 11 is 0. The third-order valence-corrected chi connectivity index (χ3v) is 2.14. The summed E-state index contributed by atoms with van der Waals surface area (Å²) < 4.78 is 13.4. The molecule has 0 heterocycles. The van der Waals surface area contributed by atoms with Gasteiger partial charge in [0.2, 0.25) is 5.91 Å². The van der Waals surface area contributed by atoms with Crippen LogP contribution in [-0.2, 0) is 4.79 Å². The van der Waals surface area contributed by atoms with Crippen LogP contribution in [0.5, 0.6) is 5.75 Å². The first-order chi connectivity index (χ1) is 8.70. The van der Waals surface area contributed by atoms with Crippen LogP contribution in [-0.4, -0.2) is 29.0 Å². The summed E-state index contributed by atoms with van der Waals surface area (Å²) in [5, 5.41) is 14.3. The molecule has 104 valence electrons. The molecule has 0 aliphatic heterocycles. The minimum atomic E-state index is -0.839. The Labute approximate surface area is 110 Å². The molecule has 19 heavy (non-hydrogen) atoms. The van der Waals surface area contributed by atoms with Gasteiger partial charge in [-0.05, 0) is 32.9 Å². The number of phenolic OH excluding ortho intramolecular Hbond substituents is 1. The predicted molar refractivity (Wildman–Crippen MR) is 68.3 cm³/mol. The zero-order chi connectivity index (χ0) is 14.6. The maximum atomic E-state index is 13.4. The molecule has 0 aromatic heterocycles. The van der Waals surface area contributed by atoms with E-state index in [0.717, 1.165) is 6.07 Å². The van der Waals surface area contributed by atoms with E-state index < -0.39 is 34.5 Å². The number of carbonyl (C=O) groups is 2. The quantitative estimate of drug-likeness (QED) is 0.770. The molecule has 0 saturated carbocycles. The molecule has 0 unspecified atom stereocenters. The summed E-state index contributed by atoms with van der Waals surface area (Å²) in [6.07, 6.45) is 0. The van der Waals surface area contributed by atoms with E-state index in [4.69, 9.17) is 0 Å². The van der Waals surface area contributed by atoms with Gasteiger partial charge in [0.25, 0.3) is 5.91 Å². The SMILES string of the molecule is CC(C)(C)NC(=O)CNC(=O)c1c(O)cccc1F. The molecule has 1 aromatic rings. The Balaban J connectivity index is 2.64. The monoisotopic (exact) mass is 268 g/mol. The van der Waals surface area contributed by atoms with Crippen molar-refractivity contribution in [2.24, 2.45) is 0 Å². The van der Waals surface area contributed by atoms with Gasteiger partial charge in [-0.3, -0.25) is 9.59 Å². The summed E-state index contributed by atoms with van der Waals surface area (Å²) in [6, 6.07) is 3.55. The van der Waals surface area contributed by atoms with Crippen molar-refractivity contribution in [1.29, 1.82) is 0 Å². The van der Waals surface area contributed by atoms with Gasteiger partial charge in [0.15, 0.2) is 0 Å². The van der Waals surface area contributed by atoms with Crippen molar-refractivity contribution in [3.63, 3.8) is 0 Å². The molecule has 3 N–H and O–H groups in total. The molecule has 1 rings (SSSR count). The average molecular weight is 268 g/mol. The Kier molecular flexibility index (Phi) is 4.47. The number of phenols is 1. The Bertz CT molecular complexity index is 475. The average Bonchev–Trinajstić information content (AvgIpc) is 2.23. The molecule has 0 aliphatic carbocycles. The van der Waals surface area contributed by atoms with Crippen molar-refractivity contribution in [2.75, 3.05) is 6.54 Å². The molecular formula is C13H17FN2O3. The summed E-state index contributed by atoms with van der Waals surface area (Å²) in [5.74, 6) is -2.53. The minimum Gasteiger partial charge on any atom is -0.507 e.